The first-order chi connectivity index (χ1) is 6.13. The van der Waals surface area contributed by atoms with Crippen LogP contribution in [0.1, 0.15) is 13.8 Å². The molecule has 0 amide bonds. The highest BCUT2D eigenvalue weighted by Gasteiger charge is 2.20. The maximum atomic E-state index is 9.34. The van der Waals surface area contributed by atoms with Gasteiger partial charge in [0.25, 0.3) is 0 Å². The van der Waals surface area contributed by atoms with E-state index in [0.717, 1.165) is 0 Å². The Morgan fingerprint density at radius 3 is 2.77 bits per heavy atom. The monoisotopic (exact) mass is 199 g/mol. The molecule has 0 bridgehead atoms. The van der Waals surface area contributed by atoms with Crippen LogP contribution in [0.15, 0.2) is 24.0 Å². The van der Waals surface area contributed by atoms with Crippen LogP contribution in [0, 0.1) is 0 Å². The molecule has 2 nitrogen and oxygen atoms in total. The second-order valence-electron chi connectivity index (χ2n) is 3.41. The zero-order chi connectivity index (χ0) is 9.84. The number of hydrogen-bond acceptors (Lipinski definition) is 3. The topological polar surface area (TPSA) is 32.3 Å². The standard InChI is InChI=1S/C10H17NOS/c1-7(2)13-10-6-8(12)4-5-9(10)11-3/h4-7,9-12H,1-3H3. The summed E-state index contributed by atoms with van der Waals surface area (Å²) >= 11 is 1.86. The van der Waals surface area contributed by atoms with Gasteiger partial charge in [0.15, 0.2) is 0 Å². The molecule has 0 spiro atoms. The second-order valence-corrected chi connectivity index (χ2v) is 5.17. The lowest BCUT2D eigenvalue weighted by atomic mass is 10.1. The molecule has 0 fully saturated rings. The number of nitrogens with one attached hydrogen (secondary N) is 1. The minimum absolute atomic E-state index is 0.336. The van der Waals surface area contributed by atoms with Crippen molar-refractivity contribution in [3.63, 3.8) is 0 Å². The molecular weight excluding hydrogens is 182 g/mol. The van der Waals surface area contributed by atoms with Crippen molar-refractivity contribution < 1.29 is 5.11 Å². The molecule has 0 aromatic heterocycles. The summed E-state index contributed by atoms with van der Waals surface area (Å²) in [6.07, 6.45) is 5.67. The van der Waals surface area contributed by atoms with Gasteiger partial charge in [0.05, 0.1) is 0 Å². The van der Waals surface area contributed by atoms with E-state index >= 15 is 0 Å². The Hall–Kier alpha value is -0.410. The first-order valence-electron chi connectivity index (χ1n) is 4.55. The number of hydrogen-bond donors (Lipinski definition) is 2. The molecule has 0 aliphatic heterocycles. The van der Waals surface area contributed by atoms with E-state index in [-0.39, 0.29) is 0 Å². The summed E-state index contributed by atoms with van der Waals surface area (Å²) in [5.74, 6) is 0.379. The van der Waals surface area contributed by atoms with Crippen molar-refractivity contribution in [2.45, 2.75) is 30.4 Å². The van der Waals surface area contributed by atoms with Crippen molar-refractivity contribution in [1.82, 2.24) is 5.32 Å². The normalized spacial score (nSPS) is 27.8. The number of allylic oxidation sites excluding steroid dienone is 1. The van der Waals surface area contributed by atoms with Crippen molar-refractivity contribution >= 4 is 11.8 Å². The van der Waals surface area contributed by atoms with E-state index in [2.05, 4.69) is 19.2 Å². The van der Waals surface area contributed by atoms with E-state index in [1.54, 1.807) is 6.08 Å². The fourth-order valence-electron chi connectivity index (χ4n) is 1.34. The largest absolute Gasteiger partial charge is 0.508 e. The highest BCUT2D eigenvalue weighted by atomic mass is 32.2. The smallest absolute Gasteiger partial charge is 0.112 e. The van der Waals surface area contributed by atoms with Gasteiger partial charge in [-0.05, 0) is 24.4 Å². The summed E-state index contributed by atoms with van der Waals surface area (Å²) < 4.78 is 0. The van der Waals surface area contributed by atoms with Crippen LogP contribution in [-0.2, 0) is 0 Å². The third kappa shape index (κ3) is 3.08. The van der Waals surface area contributed by atoms with Gasteiger partial charge in [0, 0.05) is 11.3 Å². The third-order valence-electron chi connectivity index (χ3n) is 1.93. The van der Waals surface area contributed by atoms with Gasteiger partial charge in [-0.2, -0.15) is 0 Å². The van der Waals surface area contributed by atoms with Crippen LogP contribution >= 0.6 is 11.8 Å². The molecule has 2 N–H and O–H groups in total. The molecule has 0 saturated heterocycles. The van der Waals surface area contributed by atoms with Crippen LogP contribution in [0.25, 0.3) is 0 Å². The molecule has 1 aliphatic carbocycles. The molecule has 2 atom stereocenters. The van der Waals surface area contributed by atoms with Crippen LogP contribution in [0.2, 0.25) is 0 Å². The van der Waals surface area contributed by atoms with Crippen molar-refractivity contribution in [1.29, 1.82) is 0 Å². The molecule has 0 saturated carbocycles. The molecule has 1 rings (SSSR count). The number of thioether (sulfide) groups is 1. The van der Waals surface area contributed by atoms with Crippen LogP contribution in [0.5, 0.6) is 0 Å². The summed E-state index contributed by atoms with van der Waals surface area (Å²) in [6, 6.07) is 0.336. The van der Waals surface area contributed by atoms with Gasteiger partial charge in [0.1, 0.15) is 5.76 Å². The third-order valence-corrected chi connectivity index (χ3v) is 3.21. The molecular formula is C10H17NOS. The summed E-state index contributed by atoms with van der Waals surface area (Å²) in [7, 11) is 1.94. The average molecular weight is 199 g/mol. The van der Waals surface area contributed by atoms with Crippen LogP contribution in [-0.4, -0.2) is 28.7 Å². The molecule has 0 aromatic carbocycles. The SMILES string of the molecule is CNC1C=CC(O)=CC1SC(C)C. The van der Waals surface area contributed by atoms with Gasteiger partial charge in [-0.15, -0.1) is 11.8 Å². The Bertz CT molecular complexity index is 223. The lowest BCUT2D eigenvalue weighted by Crippen LogP contribution is -2.35. The Kier molecular flexibility index (Phi) is 3.88. The first-order valence-corrected chi connectivity index (χ1v) is 5.49. The minimum Gasteiger partial charge on any atom is -0.508 e. The predicted molar refractivity (Wildman–Crippen MR) is 59.2 cm³/mol. The van der Waals surface area contributed by atoms with Gasteiger partial charge in [0.2, 0.25) is 0 Å². The van der Waals surface area contributed by atoms with Crippen molar-refractivity contribution in [2.24, 2.45) is 0 Å². The van der Waals surface area contributed by atoms with Crippen LogP contribution in [0.4, 0.5) is 0 Å². The highest BCUT2D eigenvalue weighted by molar-refractivity contribution is 8.00. The minimum atomic E-state index is 0.336. The van der Waals surface area contributed by atoms with Gasteiger partial charge in [-0.3, -0.25) is 0 Å². The van der Waals surface area contributed by atoms with Crippen molar-refractivity contribution in [3.8, 4) is 0 Å². The second kappa shape index (κ2) is 4.72. The summed E-state index contributed by atoms with van der Waals surface area (Å²) in [4.78, 5) is 0. The summed E-state index contributed by atoms with van der Waals surface area (Å²) in [6.45, 7) is 4.33. The van der Waals surface area contributed by atoms with Gasteiger partial charge in [-0.25, -0.2) is 0 Å². The molecule has 0 aromatic rings. The van der Waals surface area contributed by atoms with E-state index < -0.39 is 0 Å². The predicted octanol–water partition coefficient (Wildman–Crippen LogP) is 2.10. The van der Waals surface area contributed by atoms with Gasteiger partial charge >= 0.3 is 0 Å². The van der Waals surface area contributed by atoms with E-state index in [4.69, 9.17) is 0 Å². The Labute approximate surface area is 84.1 Å². The fraction of sp³-hybridized carbons (Fsp3) is 0.600. The average Bonchev–Trinajstić information content (AvgIpc) is 2.03. The van der Waals surface area contributed by atoms with E-state index in [1.807, 2.05) is 31.0 Å². The van der Waals surface area contributed by atoms with Crippen molar-refractivity contribution in [3.05, 3.63) is 24.0 Å². The lowest BCUT2D eigenvalue weighted by molar-refractivity contribution is 0.423. The lowest BCUT2D eigenvalue weighted by Gasteiger charge is -2.25. The van der Waals surface area contributed by atoms with Gasteiger partial charge < -0.3 is 10.4 Å². The Morgan fingerprint density at radius 2 is 2.23 bits per heavy atom. The Balaban J connectivity index is 2.63. The van der Waals surface area contributed by atoms with E-state index in [9.17, 15) is 5.11 Å². The quantitative estimate of drug-likeness (QED) is 0.730. The fourth-order valence-corrected chi connectivity index (χ4v) is 2.58. The van der Waals surface area contributed by atoms with Crippen LogP contribution < -0.4 is 5.32 Å². The highest BCUT2D eigenvalue weighted by Crippen LogP contribution is 2.25. The van der Waals surface area contributed by atoms with E-state index in [0.29, 0.717) is 22.3 Å². The number of aliphatic hydroxyl groups excluding tert-OH is 1. The molecule has 0 heterocycles. The number of aliphatic hydroxyl groups is 1. The van der Waals surface area contributed by atoms with E-state index in [1.165, 1.54) is 0 Å². The molecule has 2 unspecified atom stereocenters. The Morgan fingerprint density at radius 1 is 1.54 bits per heavy atom. The molecule has 0 radical (unpaired) electrons. The van der Waals surface area contributed by atoms with Gasteiger partial charge in [-0.1, -0.05) is 19.9 Å². The molecule has 3 heteroatoms. The summed E-state index contributed by atoms with van der Waals surface area (Å²) in [5, 5.41) is 13.5. The molecule has 74 valence electrons. The zero-order valence-electron chi connectivity index (χ0n) is 8.32. The molecule has 13 heavy (non-hydrogen) atoms. The van der Waals surface area contributed by atoms with Crippen LogP contribution in [0.3, 0.4) is 0 Å². The zero-order valence-corrected chi connectivity index (χ0v) is 9.14. The maximum absolute atomic E-state index is 9.34. The number of likely N-dealkylation sites (N-methyl/N-ethyl adjacent to an activating group) is 1. The molecule has 1 aliphatic rings. The van der Waals surface area contributed by atoms with Crippen molar-refractivity contribution in [2.75, 3.05) is 7.05 Å². The maximum Gasteiger partial charge on any atom is 0.112 e. The summed E-state index contributed by atoms with van der Waals surface area (Å²) in [5.41, 5.74) is 0. The first kappa shape index (κ1) is 10.7. The number of rotatable bonds is 3.